The van der Waals surface area contributed by atoms with Crippen molar-refractivity contribution in [2.45, 2.75) is 41.5 Å². The van der Waals surface area contributed by atoms with E-state index in [9.17, 15) is 12.8 Å². The molecule has 0 aromatic heterocycles. The lowest BCUT2D eigenvalue weighted by atomic mass is 9.91. The molecule has 0 unspecified atom stereocenters. The zero-order valence-corrected chi connectivity index (χ0v) is 15.6. The van der Waals surface area contributed by atoms with E-state index in [-0.39, 0.29) is 9.79 Å². The Hall–Kier alpha value is -1.92. The van der Waals surface area contributed by atoms with E-state index in [1.165, 1.54) is 24.3 Å². The monoisotopic (exact) mass is 374 g/mol. The predicted molar refractivity (Wildman–Crippen MR) is 99.8 cm³/mol. The Morgan fingerprint density at radius 1 is 1.08 bits per heavy atom. The lowest BCUT2D eigenvalue weighted by molar-refractivity contribution is 0.298. The van der Waals surface area contributed by atoms with Gasteiger partial charge in [0.25, 0.3) is 0 Å². The molecule has 2 aliphatic rings. The number of halogens is 1. The van der Waals surface area contributed by atoms with Crippen LogP contribution in [0.1, 0.15) is 31.2 Å². The lowest BCUT2D eigenvalue weighted by Crippen LogP contribution is -2.25. The van der Waals surface area contributed by atoms with Gasteiger partial charge in [-0.15, -0.1) is 0 Å². The Morgan fingerprint density at radius 2 is 1.77 bits per heavy atom. The molecule has 138 valence electrons. The van der Waals surface area contributed by atoms with Gasteiger partial charge in [0.2, 0.25) is 9.84 Å². The molecule has 1 fully saturated rings. The average Bonchev–Trinajstić information content (AvgIpc) is 2.86. The third-order valence-electron chi connectivity index (χ3n) is 5.64. The quantitative estimate of drug-likeness (QED) is 0.833. The number of nitrogens with zero attached hydrogens (tertiary/aromatic N) is 1. The van der Waals surface area contributed by atoms with Gasteiger partial charge < -0.3 is 10.2 Å². The van der Waals surface area contributed by atoms with Crippen molar-refractivity contribution in [2.24, 2.45) is 0 Å². The summed E-state index contributed by atoms with van der Waals surface area (Å²) >= 11 is 0. The largest absolute Gasteiger partial charge is 0.381 e. The second-order valence-electron chi connectivity index (χ2n) is 7.08. The number of benzene rings is 2. The SMILES string of the molecule is CCN1CC[C@H]2Nc3ccc(S(=O)(=O)c4ccc(F)cc4)cc3[C@@H]2CC1. The molecule has 0 spiro atoms. The molecule has 2 atom stereocenters. The molecule has 4 nitrogen and oxygen atoms in total. The second-order valence-corrected chi connectivity index (χ2v) is 9.03. The minimum Gasteiger partial charge on any atom is -0.381 e. The van der Waals surface area contributed by atoms with Crippen molar-refractivity contribution in [3.8, 4) is 0 Å². The van der Waals surface area contributed by atoms with Crippen LogP contribution in [0.4, 0.5) is 10.1 Å². The van der Waals surface area contributed by atoms with Crippen LogP contribution in [-0.4, -0.2) is 39.0 Å². The molecular formula is C20H23FN2O2S. The van der Waals surface area contributed by atoms with Crippen molar-refractivity contribution in [1.82, 2.24) is 4.90 Å². The highest BCUT2D eigenvalue weighted by atomic mass is 32.2. The van der Waals surface area contributed by atoms with Crippen molar-refractivity contribution >= 4 is 15.5 Å². The topological polar surface area (TPSA) is 49.4 Å². The van der Waals surface area contributed by atoms with Crippen LogP contribution >= 0.6 is 0 Å². The number of rotatable bonds is 3. The Morgan fingerprint density at radius 3 is 2.50 bits per heavy atom. The van der Waals surface area contributed by atoms with Crippen molar-refractivity contribution in [3.63, 3.8) is 0 Å². The molecule has 0 bridgehead atoms. The van der Waals surface area contributed by atoms with E-state index in [2.05, 4.69) is 17.1 Å². The zero-order chi connectivity index (χ0) is 18.3. The molecule has 2 aliphatic heterocycles. The highest BCUT2D eigenvalue weighted by molar-refractivity contribution is 7.91. The van der Waals surface area contributed by atoms with E-state index in [0.717, 1.165) is 43.7 Å². The Balaban J connectivity index is 1.68. The van der Waals surface area contributed by atoms with E-state index in [4.69, 9.17) is 0 Å². The standard InChI is InChI=1S/C20H23FN2O2S/c1-2-23-11-9-17-18-13-16(7-8-19(18)22-20(17)10-12-23)26(24,25)15-5-3-14(21)4-6-15/h3-8,13,17,20,22H,2,9-12H2,1H3/t17-,20+/m0/s1. The first-order valence-electron chi connectivity index (χ1n) is 9.12. The predicted octanol–water partition coefficient (Wildman–Crippen LogP) is 3.65. The number of sulfone groups is 1. The molecule has 0 aliphatic carbocycles. The van der Waals surface area contributed by atoms with Gasteiger partial charge in [-0.05, 0) is 74.0 Å². The van der Waals surface area contributed by atoms with E-state index in [1.54, 1.807) is 6.07 Å². The normalized spacial score (nSPS) is 23.0. The number of nitrogens with one attached hydrogen (secondary N) is 1. The first kappa shape index (κ1) is 17.5. The number of anilines is 1. The first-order chi connectivity index (χ1) is 12.5. The molecule has 1 saturated heterocycles. The Kier molecular flexibility index (Phi) is 4.49. The van der Waals surface area contributed by atoms with Crippen LogP contribution in [0.5, 0.6) is 0 Å². The molecule has 1 N–H and O–H groups in total. The van der Waals surface area contributed by atoms with Gasteiger partial charge in [0.15, 0.2) is 0 Å². The minimum atomic E-state index is -3.64. The molecule has 0 saturated carbocycles. The van der Waals surface area contributed by atoms with E-state index in [1.807, 2.05) is 12.1 Å². The summed E-state index contributed by atoms with van der Waals surface area (Å²) in [6.07, 6.45) is 2.09. The van der Waals surface area contributed by atoms with Gasteiger partial charge >= 0.3 is 0 Å². The summed E-state index contributed by atoms with van der Waals surface area (Å²) in [5.41, 5.74) is 2.14. The fourth-order valence-corrected chi connectivity index (χ4v) is 5.41. The molecule has 2 heterocycles. The number of likely N-dealkylation sites (tertiary alicyclic amines) is 1. The number of hydrogen-bond donors (Lipinski definition) is 1. The lowest BCUT2D eigenvalue weighted by Gasteiger charge is -2.17. The van der Waals surface area contributed by atoms with Crippen LogP contribution in [0.2, 0.25) is 0 Å². The third kappa shape index (κ3) is 3.01. The van der Waals surface area contributed by atoms with Crippen LogP contribution < -0.4 is 5.32 Å². The second kappa shape index (κ2) is 6.67. The van der Waals surface area contributed by atoms with Crippen LogP contribution in [0.15, 0.2) is 52.3 Å². The summed E-state index contributed by atoms with van der Waals surface area (Å²) in [5, 5.41) is 3.58. The zero-order valence-electron chi connectivity index (χ0n) is 14.8. The summed E-state index contributed by atoms with van der Waals surface area (Å²) < 4.78 is 39.0. The third-order valence-corrected chi connectivity index (χ3v) is 7.41. The number of hydrogen-bond acceptors (Lipinski definition) is 4. The van der Waals surface area contributed by atoms with Crippen molar-refractivity contribution < 1.29 is 12.8 Å². The maximum absolute atomic E-state index is 13.1. The molecule has 26 heavy (non-hydrogen) atoms. The Bertz CT molecular complexity index is 912. The maximum Gasteiger partial charge on any atom is 0.206 e. The van der Waals surface area contributed by atoms with Gasteiger partial charge in [0, 0.05) is 24.2 Å². The fourth-order valence-electron chi connectivity index (χ4n) is 4.11. The summed E-state index contributed by atoms with van der Waals surface area (Å²) in [5.74, 6) is -0.103. The first-order valence-corrected chi connectivity index (χ1v) is 10.6. The average molecular weight is 374 g/mol. The van der Waals surface area contributed by atoms with Crippen LogP contribution in [0.3, 0.4) is 0 Å². The van der Waals surface area contributed by atoms with Crippen LogP contribution in [0, 0.1) is 5.82 Å². The van der Waals surface area contributed by atoms with Gasteiger partial charge in [0.1, 0.15) is 5.82 Å². The fraction of sp³-hybridized carbons (Fsp3) is 0.400. The van der Waals surface area contributed by atoms with Crippen molar-refractivity contribution in [1.29, 1.82) is 0 Å². The summed E-state index contributed by atoms with van der Waals surface area (Å²) in [7, 11) is -3.64. The van der Waals surface area contributed by atoms with Gasteiger partial charge in [-0.2, -0.15) is 0 Å². The summed E-state index contributed by atoms with van der Waals surface area (Å²) in [6.45, 7) is 5.33. The van der Waals surface area contributed by atoms with Crippen molar-refractivity contribution in [2.75, 3.05) is 25.0 Å². The van der Waals surface area contributed by atoms with Crippen LogP contribution in [-0.2, 0) is 9.84 Å². The van der Waals surface area contributed by atoms with E-state index in [0.29, 0.717) is 12.0 Å². The van der Waals surface area contributed by atoms with Gasteiger partial charge in [0.05, 0.1) is 9.79 Å². The number of fused-ring (bicyclic) bond motifs is 3. The van der Waals surface area contributed by atoms with Gasteiger partial charge in [-0.3, -0.25) is 0 Å². The maximum atomic E-state index is 13.1. The molecule has 2 aromatic rings. The molecule has 0 amide bonds. The molecule has 2 aromatic carbocycles. The smallest absolute Gasteiger partial charge is 0.206 e. The van der Waals surface area contributed by atoms with Crippen LogP contribution in [0.25, 0.3) is 0 Å². The van der Waals surface area contributed by atoms with Gasteiger partial charge in [-0.25, -0.2) is 12.8 Å². The Labute approximate surface area is 153 Å². The summed E-state index contributed by atoms with van der Waals surface area (Å²) in [6, 6.07) is 10.7. The molecular weight excluding hydrogens is 351 g/mol. The van der Waals surface area contributed by atoms with Crippen molar-refractivity contribution in [3.05, 3.63) is 53.8 Å². The van der Waals surface area contributed by atoms with Gasteiger partial charge in [-0.1, -0.05) is 6.92 Å². The minimum absolute atomic E-state index is 0.124. The molecule has 6 heteroatoms. The van der Waals surface area contributed by atoms with E-state index >= 15 is 0 Å². The molecule has 0 radical (unpaired) electrons. The highest BCUT2D eigenvalue weighted by Gasteiger charge is 2.35. The van der Waals surface area contributed by atoms with E-state index < -0.39 is 15.7 Å². The molecule has 4 rings (SSSR count). The highest BCUT2D eigenvalue weighted by Crippen LogP contribution is 2.42. The summed E-state index contributed by atoms with van der Waals surface area (Å²) in [4.78, 5) is 2.85.